The average molecular weight is 483 g/mol. The van der Waals surface area contributed by atoms with Gasteiger partial charge in [-0.3, -0.25) is 9.69 Å². The maximum absolute atomic E-state index is 11.2. The summed E-state index contributed by atoms with van der Waals surface area (Å²) in [7, 11) is 0. The second-order valence-corrected chi connectivity index (χ2v) is 8.97. The molecule has 3 heterocycles. The molecule has 36 heavy (non-hydrogen) atoms. The number of aromatic nitrogens is 4. The summed E-state index contributed by atoms with van der Waals surface area (Å²) in [4.78, 5) is 32.8. The van der Waals surface area contributed by atoms with Gasteiger partial charge in [-0.15, -0.1) is 0 Å². The fourth-order valence-corrected chi connectivity index (χ4v) is 4.32. The molecule has 1 aliphatic rings. The molecule has 184 valence electrons. The van der Waals surface area contributed by atoms with Crippen LogP contribution in [-0.2, 0) is 11.3 Å². The molecule has 0 bridgehead atoms. The number of aryl methyl sites for hydroxylation is 1. The first-order valence-corrected chi connectivity index (χ1v) is 12.1. The zero-order valence-corrected chi connectivity index (χ0v) is 20.5. The monoisotopic (exact) mass is 482 g/mol. The average Bonchev–Trinajstić information content (AvgIpc) is 3.30. The van der Waals surface area contributed by atoms with Crippen LogP contribution < -0.4 is 15.5 Å². The van der Waals surface area contributed by atoms with E-state index in [9.17, 15) is 4.79 Å². The Morgan fingerprint density at radius 1 is 0.944 bits per heavy atom. The number of imidazole rings is 1. The molecule has 0 spiro atoms. The molecule has 0 unspecified atom stereocenters. The number of carbonyl (C=O) groups excluding carboxylic acids is 1. The van der Waals surface area contributed by atoms with E-state index in [0.717, 1.165) is 66.9 Å². The van der Waals surface area contributed by atoms with Crippen LogP contribution in [0.5, 0.6) is 0 Å². The van der Waals surface area contributed by atoms with Crippen LogP contribution in [0.2, 0.25) is 0 Å². The first kappa shape index (κ1) is 23.5. The summed E-state index contributed by atoms with van der Waals surface area (Å²) in [6.07, 6.45) is 3.62. The SMILES string of the molecule is CC(=O)Nc1ccc(-c2ccnc(Nc3ccc(N4CCN(Cc5ncc(C)[nH]5)CC4)cc3)n2)cc1. The quantitative estimate of drug-likeness (QED) is 0.363. The van der Waals surface area contributed by atoms with Gasteiger partial charge < -0.3 is 20.5 Å². The Labute approximate surface area is 210 Å². The Morgan fingerprint density at radius 2 is 1.67 bits per heavy atom. The molecule has 0 saturated carbocycles. The molecule has 1 aliphatic heterocycles. The Morgan fingerprint density at radius 3 is 2.33 bits per heavy atom. The molecular weight excluding hydrogens is 452 g/mol. The van der Waals surface area contributed by atoms with Crippen molar-refractivity contribution in [1.29, 1.82) is 0 Å². The summed E-state index contributed by atoms with van der Waals surface area (Å²) in [5, 5.41) is 6.08. The second kappa shape index (κ2) is 10.6. The molecule has 1 amide bonds. The number of H-pyrrole nitrogens is 1. The Kier molecular flexibility index (Phi) is 6.90. The number of aromatic amines is 1. The van der Waals surface area contributed by atoms with Gasteiger partial charge in [-0.05, 0) is 49.4 Å². The zero-order valence-electron chi connectivity index (χ0n) is 20.5. The number of amides is 1. The van der Waals surface area contributed by atoms with Crippen molar-refractivity contribution in [1.82, 2.24) is 24.8 Å². The van der Waals surface area contributed by atoms with E-state index >= 15 is 0 Å². The number of piperazine rings is 1. The van der Waals surface area contributed by atoms with E-state index in [0.29, 0.717) is 5.95 Å². The summed E-state index contributed by atoms with van der Waals surface area (Å²) in [5.74, 6) is 1.47. The largest absolute Gasteiger partial charge is 0.369 e. The van der Waals surface area contributed by atoms with E-state index in [2.05, 4.69) is 64.6 Å². The van der Waals surface area contributed by atoms with Crippen LogP contribution in [0.15, 0.2) is 67.0 Å². The molecule has 3 N–H and O–H groups in total. The van der Waals surface area contributed by atoms with E-state index in [-0.39, 0.29) is 5.91 Å². The minimum absolute atomic E-state index is 0.0929. The van der Waals surface area contributed by atoms with Crippen LogP contribution in [0.25, 0.3) is 11.3 Å². The number of nitrogens with one attached hydrogen (secondary N) is 3. The summed E-state index contributed by atoms with van der Waals surface area (Å²) < 4.78 is 0. The minimum atomic E-state index is -0.0929. The Hall–Kier alpha value is -4.24. The van der Waals surface area contributed by atoms with Crippen LogP contribution in [-0.4, -0.2) is 56.9 Å². The van der Waals surface area contributed by atoms with Gasteiger partial charge in [0, 0.05) is 73.8 Å². The molecule has 1 saturated heterocycles. The number of rotatable bonds is 7. The van der Waals surface area contributed by atoms with E-state index in [4.69, 9.17) is 0 Å². The third-order valence-corrected chi connectivity index (χ3v) is 6.15. The lowest BCUT2D eigenvalue weighted by Gasteiger charge is -2.35. The molecule has 9 heteroatoms. The first-order chi connectivity index (χ1) is 17.5. The number of nitrogens with zero attached hydrogens (tertiary/aromatic N) is 5. The maximum Gasteiger partial charge on any atom is 0.227 e. The lowest BCUT2D eigenvalue weighted by atomic mass is 10.1. The zero-order chi connectivity index (χ0) is 24.9. The van der Waals surface area contributed by atoms with Crippen molar-refractivity contribution >= 4 is 28.9 Å². The normalized spacial score (nSPS) is 14.0. The van der Waals surface area contributed by atoms with Gasteiger partial charge in [0.15, 0.2) is 0 Å². The van der Waals surface area contributed by atoms with E-state index in [1.165, 1.54) is 12.6 Å². The molecule has 9 nitrogen and oxygen atoms in total. The van der Waals surface area contributed by atoms with Gasteiger partial charge >= 0.3 is 0 Å². The summed E-state index contributed by atoms with van der Waals surface area (Å²) in [6, 6.07) is 17.9. The van der Waals surface area contributed by atoms with Crippen molar-refractivity contribution in [2.24, 2.45) is 0 Å². The number of benzene rings is 2. The lowest BCUT2D eigenvalue weighted by Crippen LogP contribution is -2.46. The van der Waals surface area contributed by atoms with E-state index in [1.54, 1.807) is 6.20 Å². The summed E-state index contributed by atoms with van der Waals surface area (Å²) in [5.41, 5.74) is 5.76. The van der Waals surface area contributed by atoms with Crippen molar-refractivity contribution in [3.8, 4) is 11.3 Å². The van der Waals surface area contributed by atoms with E-state index < -0.39 is 0 Å². The number of hydrogen-bond donors (Lipinski definition) is 3. The summed E-state index contributed by atoms with van der Waals surface area (Å²) in [6.45, 7) is 8.37. The smallest absolute Gasteiger partial charge is 0.227 e. The molecule has 0 atom stereocenters. The third kappa shape index (κ3) is 5.87. The van der Waals surface area contributed by atoms with Gasteiger partial charge in [0.05, 0.1) is 12.2 Å². The molecule has 1 fully saturated rings. The third-order valence-electron chi connectivity index (χ3n) is 6.15. The molecule has 5 rings (SSSR count). The van der Waals surface area contributed by atoms with Crippen molar-refractivity contribution in [2.75, 3.05) is 41.7 Å². The second-order valence-electron chi connectivity index (χ2n) is 8.97. The lowest BCUT2D eigenvalue weighted by molar-refractivity contribution is -0.114. The van der Waals surface area contributed by atoms with Crippen LogP contribution in [0, 0.1) is 6.92 Å². The Balaban J connectivity index is 1.17. The number of hydrogen-bond acceptors (Lipinski definition) is 7. The highest BCUT2D eigenvalue weighted by molar-refractivity contribution is 5.88. The summed E-state index contributed by atoms with van der Waals surface area (Å²) >= 11 is 0. The number of carbonyl (C=O) groups is 1. The van der Waals surface area contributed by atoms with E-state index in [1.807, 2.05) is 43.5 Å². The molecule has 0 radical (unpaired) electrons. The van der Waals surface area contributed by atoms with Gasteiger partial charge in [-0.25, -0.2) is 15.0 Å². The highest BCUT2D eigenvalue weighted by atomic mass is 16.1. The molecule has 4 aromatic rings. The van der Waals surface area contributed by atoms with Crippen LogP contribution in [0.4, 0.5) is 23.0 Å². The topological polar surface area (TPSA) is 102 Å². The van der Waals surface area contributed by atoms with Gasteiger partial charge in [0.1, 0.15) is 5.82 Å². The van der Waals surface area contributed by atoms with Gasteiger partial charge in [0.25, 0.3) is 0 Å². The fourth-order valence-electron chi connectivity index (χ4n) is 4.32. The first-order valence-electron chi connectivity index (χ1n) is 12.1. The van der Waals surface area contributed by atoms with Crippen molar-refractivity contribution in [3.63, 3.8) is 0 Å². The van der Waals surface area contributed by atoms with Crippen LogP contribution >= 0.6 is 0 Å². The van der Waals surface area contributed by atoms with Crippen molar-refractivity contribution < 1.29 is 4.79 Å². The van der Waals surface area contributed by atoms with Gasteiger partial charge in [-0.1, -0.05) is 12.1 Å². The Bertz CT molecular complexity index is 1310. The molecule has 2 aromatic heterocycles. The minimum Gasteiger partial charge on any atom is -0.369 e. The fraction of sp³-hybridized carbons (Fsp3) is 0.259. The van der Waals surface area contributed by atoms with Crippen LogP contribution in [0.1, 0.15) is 18.4 Å². The predicted octanol–water partition coefficient (Wildman–Crippen LogP) is 4.20. The van der Waals surface area contributed by atoms with Gasteiger partial charge in [0.2, 0.25) is 11.9 Å². The van der Waals surface area contributed by atoms with Crippen molar-refractivity contribution in [3.05, 3.63) is 78.5 Å². The standard InChI is InChI=1S/C27H30N8O/c1-19-17-29-26(30-19)18-34-13-15-35(16-14-34)24-9-7-23(8-10-24)32-27-28-12-11-25(33-27)21-3-5-22(6-4-21)31-20(2)36/h3-12,17H,13-16,18H2,1-2H3,(H,29,30)(H,31,36)(H,28,32,33). The molecular formula is C27H30N8O. The van der Waals surface area contributed by atoms with Crippen LogP contribution in [0.3, 0.4) is 0 Å². The predicted molar refractivity (Wildman–Crippen MR) is 142 cm³/mol. The van der Waals surface area contributed by atoms with Crippen molar-refractivity contribution in [2.45, 2.75) is 20.4 Å². The number of anilines is 4. The molecule has 2 aromatic carbocycles. The maximum atomic E-state index is 11.2. The molecule has 0 aliphatic carbocycles. The highest BCUT2D eigenvalue weighted by Gasteiger charge is 2.18. The highest BCUT2D eigenvalue weighted by Crippen LogP contribution is 2.24. The van der Waals surface area contributed by atoms with Gasteiger partial charge in [-0.2, -0.15) is 0 Å².